The Labute approximate surface area is 201 Å². The summed E-state index contributed by atoms with van der Waals surface area (Å²) in [6, 6.07) is 9.24. The van der Waals surface area contributed by atoms with Crippen LogP contribution < -0.4 is 10.2 Å². The summed E-state index contributed by atoms with van der Waals surface area (Å²) in [5.74, 6) is -1.17. The van der Waals surface area contributed by atoms with E-state index in [-0.39, 0.29) is 39.1 Å². The molecule has 5 nitrogen and oxygen atoms in total. The van der Waals surface area contributed by atoms with Crippen molar-refractivity contribution in [1.29, 1.82) is 0 Å². The standard InChI is InChI=1S/C14H12ClN3O2.2C4H9.ClH.Sn/c1-9(12-4-2-3-7-16-12)17-18-14(20)11-8-10(15)5-6-13(11)19;2*1-3-4-2;;/h2-8,19H,1H3,(H,18,20);2*1,3-4H2,2H3;1H;/q;;;;+2/p-2/b17-9+;;;;. The van der Waals surface area contributed by atoms with Crippen LogP contribution in [-0.4, -0.2) is 37.7 Å². The van der Waals surface area contributed by atoms with E-state index in [0.717, 1.165) is 0 Å². The van der Waals surface area contributed by atoms with E-state index < -0.39 is 11.6 Å². The van der Waals surface area contributed by atoms with Gasteiger partial charge in [0, 0.05) is 17.1 Å². The molecule has 0 radical (unpaired) electrons. The number of rotatable bonds is 9. The molecule has 0 bridgehead atoms. The van der Waals surface area contributed by atoms with Gasteiger partial charge in [0.25, 0.3) is 0 Å². The topological polar surface area (TPSA) is 83.7 Å². The van der Waals surface area contributed by atoms with Crippen molar-refractivity contribution in [3.63, 3.8) is 0 Å². The molecule has 2 rings (SSSR count). The molecule has 0 atom stereocenters. The van der Waals surface area contributed by atoms with Crippen LogP contribution in [0.5, 0.6) is 5.75 Å². The Morgan fingerprint density at radius 3 is 2.30 bits per heavy atom. The van der Waals surface area contributed by atoms with E-state index in [2.05, 4.69) is 29.0 Å². The van der Waals surface area contributed by atoms with Crippen molar-refractivity contribution in [2.24, 2.45) is 10.2 Å². The molecule has 1 aromatic carbocycles. The predicted molar refractivity (Wildman–Crippen MR) is 126 cm³/mol. The van der Waals surface area contributed by atoms with Crippen LogP contribution in [0.1, 0.15) is 57.7 Å². The van der Waals surface area contributed by atoms with Crippen molar-refractivity contribution in [2.45, 2.75) is 55.3 Å². The van der Waals surface area contributed by atoms with Crippen LogP contribution in [0, 0.1) is 0 Å². The van der Waals surface area contributed by atoms with Gasteiger partial charge in [-0.25, -0.2) is 0 Å². The van der Waals surface area contributed by atoms with Crippen LogP contribution in [0.2, 0.25) is 13.9 Å². The van der Waals surface area contributed by atoms with Gasteiger partial charge in [-0.3, -0.25) is 4.98 Å². The summed E-state index contributed by atoms with van der Waals surface area (Å²) in [5, 5.41) is 30.9. The third-order valence-electron chi connectivity index (χ3n) is 3.91. The molecular weight excluding hydrogens is 528 g/mol. The molecule has 1 aromatic heterocycles. The first-order valence-corrected chi connectivity index (χ1v) is 14.3. The zero-order valence-electron chi connectivity index (χ0n) is 17.7. The van der Waals surface area contributed by atoms with Gasteiger partial charge in [0.05, 0.1) is 11.4 Å². The van der Waals surface area contributed by atoms with E-state index in [0.29, 0.717) is 16.4 Å². The van der Waals surface area contributed by atoms with E-state index in [9.17, 15) is 10.2 Å². The van der Waals surface area contributed by atoms with Gasteiger partial charge in [-0.1, -0.05) is 23.7 Å². The van der Waals surface area contributed by atoms with Gasteiger partial charge < -0.3 is 10.2 Å². The fourth-order valence-electron chi connectivity index (χ4n) is 2.20. The van der Waals surface area contributed by atoms with Crippen molar-refractivity contribution in [3.05, 3.63) is 58.9 Å². The number of pyridine rings is 1. The molecular formula is C22H29Cl2N3O2Sn. The molecule has 0 spiro atoms. The number of hydrogen-bond donors (Lipinski definition) is 0. The van der Waals surface area contributed by atoms with Crippen molar-refractivity contribution in [1.82, 2.24) is 4.98 Å². The van der Waals surface area contributed by atoms with Gasteiger partial charge in [-0.2, -0.15) is 10.2 Å². The first kappa shape index (κ1) is 28.7. The monoisotopic (exact) mass is 557 g/mol. The average Bonchev–Trinajstić information content (AvgIpc) is 2.74. The van der Waals surface area contributed by atoms with Gasteiger partial charge in [-0.15, -0.1) is 18.2 Å². The Morgan fingerprint density at radius 2 is 1.73 bits per heavy atom. The number of halogens is 2. The fourth-order valence-corrected chi connectivity index (χ4v) is 6.53. The maximum Gasteiger partial charge on any atom is -0.147 e. The Balaban J connectivity index is 0.000000719. The number of hydrogen-bond acceptors (Lipinski definition) is 5. The zero-order valence-corrected chi connectivity index (χ0v) is 22.2. The second kappa shape index (κ2) is 17.4. The summed E-state index contributed by atoms with van der Waals surface area (Å²) in [6.07, 6.45) is 7.45. The minimum atomic E-state index is -0.729. The number of unbranched alkanes of at least 4 members (excludes halogenated alkanes) is 2. The molecule has 0 aliphatic carbocycles. The molecule has 0 aliphatic heterocycles. The molecule has 0 saturated heterocycles. The molecule has 0 aliphatic rings. The molecule has 0 N–H and O–H groups in total. The summed E-state index contributed by atoms with van der Waals surface area (Å²) < 4.78 is 3.25. The van der Waals surface area contributed by atoms with Crippen LogP contribution >= 0.6 is 24.0 Å². The number of nitrogens with zero attached hydrogens (tertiary/aromatic N) is 3. The van der Waals surface area contributed by atoms with Crippen molar-refractivity contribution in [3.8, 4) is 5.75 Å². The number of benzene rings is 1. The summed E-state index contributed by atoms with van der Waals surface area (Å²) >= 11 is 5.89. The van der Waals surface area contributed by atoms with E-state index in [1.807, 2.05) is 0 Å². The fraction of sp³-hybridized carbons (Fsp3) is 0.409. The first-order valence-electron chi connectivity index (χ1n) is 9.87. The van der Waals surface area contributed by atoms with E-state index in [1.54, 1.807) is 40.2 Å². The number of aromatic nitrogens is 1. The van der Waals surface area contributed by atoms with Crippen molar-refractivity contribution < 1.29 is 10.2 Å². The van der Waals surface area contributed by atoms with Crippen LogP contribution in [0.25, 0.3) is 0 Å². The minimum Gasteiger partial charge on any atom is -0.147 e. The predicted octanol–water partition coefficient (Wildman–Crippen LogP) is 4.89. The molecule has 8 heteroatoms. The molecule has 1 heterocycles. The SMILES string of the molecule is C/C(=N\N=C(/[O-])c1cc(Cl)ccc1[O-])c1ccccn1.CCC[CH2][Sn+2][CH2]CCC.Cl. The van der Waals surface area contributed by atoms with Gasteiger partial charge in [0.15, 0.2) is 0 Å². The third-order valence-corrected chi connectivity index (χ3v) is 8.18. The Hall–Kier alpha value is -1.31. The smallest absolute Gasteiger partial charge is 0.147 e. The van der Waals surface area contributed by atoms with Gasteiger partial charge in [0.1, 0.15) is 0 Å². The third kappa shape index (κ3) is 11.8. The Bertz CT molecular complexity index is 781. The van der Waals surface area contributed by atoms with Gasteiger partial charge >= 0.3 is 69.5 Å². The van der Waals surface area contributed by atoms with Gasteiger partial charge in [0.2, 0.25) is 0 Å². The van der Waals surface area contributed by atoms with E-state index in [4.69, 9.17) is 11.6 Å². The van der Waals surface area contributed by atoms with E-state index in [1.165, 1.54) is 43.9 Å². The summed E-state index contributed by atoms with van der Waals surface area (Å²) in [6.45, 7) is 6.26. The Morgan fingerprint density at radius 1 is 1.07 bits per heavy atom. The van der Waals surface area contributed by atoms with Crippen LogP contribution in [0.3, 0.4) is 0 Å². The summed E-state index contributed by atoms with van der Waals surface area (Å²) in [5.41, 5.74) is 0.987. The van der Waals surface area contributed by atoms with Gasteiger partial charge in [-0.05, 0) is 36.8 Å². The van der Waals surface area contributed by atoms with Crippen molar-refractivity contribution >= 4 is 56.8 Å². The molecule has 2 aromatic rings. The second-order valence-electron chi connectivity index (χ2n) is 6.40. The normalized spacial score (nSPS) is 11.1. The quantitative estimate of drug-likeness (QED) is 0.145. The largest absolute Gasteiger partial charge is 0.147 e. The van der Waals surface area contributed by atoms with E-state index >= 15 is 0 Å². The van der Waals surface area contributed by atoms with Crippen LogP contribution in [0.15, 0.2) is 52.8 Å². The summed E-state index contributed by atoms with van der Waals surface area (Å²) in [7, 11) is 0. The van der Waals surface area contributed by atoms with Crippen LogP contribution in [-0.2, 0) is 0 Å². The minimum absolute atomic E-state index is 0. The summed E-state index contributed by atoms with van der Waals surface area (Å²) in [4.78, 5) is 4.08. The first-order chi connectivity index (χ1) is 14.0. The van der Waals surface area contributed by atoms with Crippen molar-refractivity contribution in [2.75, 3.05) is 0 Å². The maximum absolute atomic E-state index is 11.8. The molecule has 0 unspecified atom stereocenters. The molecule has 0 fully saturated rings. The molecule has 162 valence electrons. The average molecular weight is 557 g/mol. The molecule has 30 heavy (non-hydrogen) atoms. The zero-order chi connectivity index (χ0) is 21.5. The second-order valence-corrected chi connectivity index (χ2v) is 11.1. The maximum atomic E-state index is 11.8. The molecule has 0 amide bonds. The Kier molecular flexibility index (Phi) is 16.6. The molecule has 0 saturated carbocycles. The van der Waals surface area contributed by atoms with Crippen LogP contribution in [0.4, 0.5) is 0 Å².